The maximum absolute atomic E-state index is 11.6. The number of hydrogen-bond acceptors (Lipinski definition) is 3. The zero-order valence-corrected chi connectivity index (χ0v) is 9.41. The van der Waals surface area contributed by atoms with Gasteiger partial charge < -0.3 is 4.74 Å². The third-order valence-electron chi connectivity index (χ3n) is 3.10. The highest BCUT2D eigenvalue weighted by atomic mass is 16.5. The first-order valence-corrected chi connectivity index (χ1v) is 5.41. The molecule has 0 aromatic rings. The van der Waals surface area contributed by atoms with Crippen LogP contribution in [0.1, 0.15) is 32.6 Å². The monoisotopic (exact) mass is 210 g/mol. The van der Waals surface area contributed by atoms with Gasteiger partial charge in [-0.25, -0.2) is 0 Å². The number of hydrogen-bond donors (Lipinski definition) is 0. The second-order valence-electron chi connectivity index (χ2n) is 3.95. The van der Waals surface area contributed by atoms with Crippen LogP contribution in [0.2, 0.25) is 0 Å². The van der Waals surface area contributed by atoms with Crippen LogP contribution in [0.15, 0.2) is 12.2 Å². The predicted octanol–water partition coefficient (Wildman–Crippen LogP) is 2.11. The van der Waals surface area contributed by atoms with Gasteiger partial charge in [0.2, 0.25) is 0 Å². The second kappa shape index (κ2) is 5.10. The standard InChI is InChI=1S/C12H18O3/c1-4-11(13)9-6-5-7-10(8(9)2)12(14)15-3/h9-10H,2,4-7H2,1,3H3. The van der Waals surface area contributed by atoms with Crippen molar-refractivity contribution in [3.63, 3.8) is 0 Å². The van der Waals surface area contributed by atoms with Gasteiger partial charge in [0, 0.05) is 12.3 Å². The van der Waals surface area contributed by atoms with E-state index in [1.165, 1.54) is 7.11 Å². The predicted molar refractivity (Wildman–Crippen MR) is 57.3 cm³/mol. The lowest BCUT2D eigenvalue weighted by Gasteiger charge is -2.29. The Labute approximate surface area is 90.5 Å². The van der Waals surface area contributed by atoms with Crippen molar-refractivity contribution in [1.82, 2.24) is 0 Å². The van der Waals surface area contributed by atoms with E-state index in [1.54, 1.807) is 0 Å². The lowest BCUT2D eigenvalue weighted by Crippen LogP contribution is -2.30. The summed E-state index contributed by atoms with van der Waals surface area (Å²) in [5.74, 6) is -0.473. The molecule has 1 aliphatic carbocycles. The summed E-state index contributed by atoms with van der Waals surface area (Å²) in [6, 6.07) is 0. The van der Waals surface area contributed by atoms with Gasteiger partial charge >= 0.3 is 5.97 Å². The van der Waals surface area contributed by atoms with E-state index in [4.69, 9.17) is 4.74 Å². The molecule has 3 nitrogen and oxygen atoms in total. The molecular weight excluding hydrogens is 192 g/mol. The zero-order valence-electron chi connectivity index (χ0n) is 9.41. The molecule has 0 aromatic heterocycles. The van der Waals surface area contributed by atoms with E-state index < -0.39 is 0 Å². The Morgan fingerprint density at radius 2 is 2.00 bits per heavy atom. The van der Waals surface area contributed by atoms with Crippen LogP contribution in [0.4, 0.5) is 0 Å². The van der Waals surface area contributed by atoms with Crippen LogP contribution in [0.5, 0.6) is 0 Å². The van der Waals surface area contributed by atoms with Gasteiger partial charge in [-0.3, -0.25) is 9.59 Å². The molecule has 0 N–H and O–H groups in total. The Kier molecular flexibility index (Phi) is 4.06. The van der Waals surface area contributed by atoms with Crippen molar-refractivity contribution in [2.45, 2.75) is 32.6 Å². The van der Waals surface area contributed by atoms with Crippen LogP contribution in [-0.4, -0.2) is 18.9 Å². The van der Waals surface area contributed by atoms with Crippen molar-refractivity contribution in [2.24, 2.45) is 11.8 Å². The topological polar surface area (TPSA) is 43.4 Å². The number of carbonyl (C=O) groups is 2. The molecule has 15 heavy (non-hydrogen) atoms. The van der Waals surface area contributed by atoms with E-state index in [1.807, 2.05) is 6.92 Å². The summed E-state index contributed by atoms with van der Waals surface area (Å²) in [6.45, 7) is 5.74. The molecule has 2 unspecified atom stereocenters. The largest absolute Gasteiger partial charge is 0.469 e. The minimum absolute atomic E-state index is 0.132. The highest BCUT2D eigenvalue weighted by molar-refractivity contribution is 5.86. The second-order valence-corrected chi connectivity index (χ2v) is 3.95. The van der Waals surface area contributed by atoms with Crippen LogP contribution in [0.25, 0.3) is 0 Å². The molecular formula is C12H18O3. The Hall–Kier alpha value is -1.12. The Balaban J connectivity index is 2.75. The zero-order chi connectivity index (χ0) is 11.4. The summed E-state index contributed by atoms with van der Waals surface area (Å²) < 4.78 is 4.71. The van der Waals surface area contributed by atoms with E-state index in [9.17, 15) is 9.59 Å². The number of ether oxygens (including phenoxy) is 1. The third-order valence-corrected chi connectivity index (χ3v) is 3.10. The number of Topliss-reactive ketones (excluding diaryl/α,β-unsaturated/α-hetero) is 1. The number of esters is 1. The van der Waals surface area contributed by atoms with Crippen molar-refractivity contribution in [2.75, 3.05) is 7.11 Å². The van der Waals surface area contributed by atoms with Gasteiger partial charge in [-0.1, -0.05) is 25.5 Å². The molecule has 3 heteroatoms. The van der Waals surface area contributed by atoms with Crippen LogP contribution < -0.4 is 0 Å². The Morgan fingerprint density at radius 3 is 2.53 bits per heavy atom. The molecule has 0 bridgehead atoms. The van der Waals surface area contributed by atoms with E-state index >= 15 is 0 Å². The summed E-state index contributed by atoms with van der Waals surface area (Å²) in [7, 11) is 1.38. The first-order valence-electron chi connectivity index (χ1n) is 5.41. The smallest absolute Gasteiger partial charge is 0.312 e. The molecule has 0 saturated heterocycles. The number of rotatable bonds is 3. The van der Waals surface area contributed by atoms with E-state index in [-0.39, 0.29) is 23.6 Å². The molecule has 1 fully saturated rings. The SMILES string of the molecule is C=C1C(C(=O)CC)CCCC1C(=O)OC. The van der Waals surface area contributed by atoms with Gasteiger partial charge in [-0.05, 0) is 12.8 Å². The minimum Gasteiger partial charge on any atom is -0.469 e. The first kappa shape index (κ1) is 12.0. The van der Waals surface area contributed by atoms with E-state index in [0.29, 0.717) is 6.42 Å². The van der Waals surface area contributed by atoms with Crippen LogP contribution in [0.3, 0.4) is 0 Å². The molecule has 0 aliphatic heterocycles. The van der Waals surface area contributed by atoms with Gasteiger partial charge in [0.15, 0.2) is 0 Å². The molecule has 0 amide bonds. The number of methoxy groups -OCH3 is 1. The molecule has 1 saturated carbocycles. The average molecular weight is 210 g/mol. The Morgan fingerprint density at radius 1 is 1.40 bits per heavy atom. The summed E-state index contributed by atoms with van der Waals surface area (Å²) in [4.78, 5) is 23.1. The van der Waals surface area contributed by atoms with Crippen molar-refractivity contribution in [1.29, 1.82) is 0 Å². The summed E-state index contributed by atoms with van der Waals surface area (Å²) in [5.41, 5.74) is 0.750. The van der Waals surface area contributed by atoms with Crippen molar-refractivity contribution in [3.8, 4) is 0 Å². The Bertz CT molecular complexity index is 255. The molecule has 1 rings (SSSR count). The van der Waals surface area contributed by atoms with Gasteiger partial charge in [-0.2, -0.15) is 0 Å². The average Bonchev–Trinajstić information content (AvgIpc) is 2.27. The normalized spacial score (nSPS) is 26.1. The number of ketones is 1. The lowest BCUT2D eigenvalue weighted by molar-refractivity contribution is -0.145. The molecule has 0 spiro atoms. The van der Waals surface area contributed by atoms with Crippen LogP contribution in [-0.2, 0) is 14.3 Å². The summed E-state index contributed by atoms with van der Waals surface area (Å²) in [5, 5.41) is 0. The van der Waals surface area contributed by atoms with Gasteiger partial charge in [-0.15, -0.1) is 0 Å². The quantitative estimate of drug-likeness (QED) is 0.529. The molecule has 0 heterocycles. The highest BCUT2D eigenvalue weighted by Gasteiger charge is 2.34. The fraction of sp³-hybridized carbons (Fsp3) is 0.667. The molecule has 84 valence electrons. The number of carbonyl (C=O) groups excluding carboxylic acids is 2. The molecule has 0 aromatic carbocycles. The van der Waals surface area contributed by atoms with Gasteiger partial charge in [0.1, 0.15) is 5.78 Å². The van der Waals surface area contributed by atoms with Crippen molar-refractivity contribution < 1.29 is 14.3 Å². The molecule has 0 radical (unpaired) electrons. The fourth-order valence-corrected chi connectivity index (χ4v) is 2.17. The van der Waals surface area contributed by atoms with Crippen LogP contribution >= 0.6 is 0 Å². The van der Waals surface area contributed by atoms with Crippen molar-refractivity contribution >= 4 is 11.8 Å². The van der Waals surface area contributed by atoms with E-state index in [0.717, 1.165) is 24.8 Å². The fourth-order valence-electron chi connectivity index (χ4n) is 2.17. The third kappa shape index (κ3) is 2.46. The van der Waals surface area contributed by atoms with Gasteiger partial charge in [0.25, 0.3) is 0 Å². The lowest BCUT2D eigenvalue weighted by atomic mass is 9.75. The first-order chi connectivity index (χ1) is 7.11. The highest BCUT2D eigenvalue weighted by Crippen LogP contribution is 2.34. The molecule has 1 aliphatic rings. The molecule has 2 atom stereocenters. The van der Waals surface area contributed by atoms with Crippen LogP contribution in [0, 0.1) is 11.8 Å². The minimum atomic E-state index is -0.274. The maximum Gasteiger partial charge on any atom is 0.312 e. The summed E-state index contributed by atoms with van der Waals surface area (Å²) in [6.07, 6.45) is 3.00. The maximum atomic E-state index is 11.6. The van der Waals surface area contributed by atoms with E-state index in [2.05, 4.69) is 6.58 Å². The van der Waals surface area contributed by atoms with Crippen molar-refractivity contribution in [3.05, 3.63) is 12.2 Å². The summed E-state index contributed by atoms with van der Waals surface area (Å²) >= 11 is 0. The van der Waals surface area contributed by atoms with Gasteiger partial charge in [0.05, 0.1) is 13.0 Å².